The molecule has 2 aliphatic carbocycles. The van der Waals surface area contributed by atoms with Crippen LogP contribution in [0.5, 0.6) is 0 Å². The minimum atomic E-state index is 0.641. The van der Waals surface area contributed by atoms with Crippen LogP contribution in [-0.4, -0.2) is 12.6 Å². The summed E-state index contributed by atoms with van der Waals surface area (Å²) >= 11 is 12.2. The third-order valence-electron chi connectivity index (χ3n) is 5.32. The predicted octanol–water partition coefficient (Wildman–Crippen LogP) is 5.24. The monoisotopic (exact) mass is 311 g/mol. The van der Waals surface area contributed by atoms with Gasteiger partial charge in [0.25, 0.3) is 0 Å². The van der Waals surface area contributed by atoms with E-state index >= 15 is 0 Å². The van der Waals surface area contributed by atoms with Gasteiger partial charge in [0.15, 0.2) is 0 Å². The zero-order chi connectivity index (χ0) is 14.0. The Kier molecular flexibility index (Phi) is 4.59. The molecule has 1 aromatic carbocycles. The molecule has 2 saturated carbocycles. The molecule has 0 saturated heterocycles. The molecule has 0 amide bonds. The van der Waals surface area contributed by atoms with Crippen molar-refractivity contribution in [1.29, 1.82) is 0 Å². The first-order valence-electron chi connectivity index (χ1n) is 7.87. The third kappa shape index (κ3) is 3.00. The number of rotatable bonds is 4. The van der Waals surface area contributed by atoms with E-state index in [4.69, 9.17) is 23.2 Å². The van der Waals surface area contributed by atoms with Crippen molar-refractivity contribution in [2.24, 2.45) is 5.41 Å². The Bertz CT molecular complexity index is 466. The van der Waals surface area contributed by atoms with Crippen molar-refractivity contribution < 1.29 is 0 Å². The quantitative estimate of drug-likeness (QED) is 0.802. The highest BCUT2D eigenvalue weighted by molar-refractivity contribution is 6.35. The van der Waals surface area contributed by atoms with Crippen molar-refractivity contribution in [2.75, 3.05) is 6.54 Å². The van der Waals surface area contributed by atoms with Crippen molar-refractivity contribution in [1.82, 2.24) is 5.32 Å². The van der Waals surface area contributed by atoms with E-state index in [9.17, 15) is 0 Å². The fraction of sp³-hybridized carbons (Fsp3) is 0.647. The summed E-state index contributed by atoms with van der Waals surface area (Å²) < 4.78 is 0. The Morgan fingerprint density at radius 2 is 1.90 bits per heavy atom. The normalized spacial score (nSPS) is 24.6. The highest BCUT2D eigenvalue weighted by Crippen LogP contribution is 2.51. The molecule has 0 aromatic heterocycles. The highest BCUT2D eigenvalue weighted by atomic mass is 35.5. The number of benzene rings is 1. The second-order valence-corrected chi connectivity index (χ2v) is 7.30. The Morgan fingerprint density at radius 3 is 2.55 bits per heavy atom. The molecule has 3 heteroatoms. The lowest BCUT2D eigenvalue weighted by atomic mass is 9.57. The molecule has 1 spiro atoms. The zero-order valence-corrected chi connectivity index (χ0v) is 13.4. The summed E-state index contributed by atoms with van der Waals surface area (Å²) in [5, 5.41) is 5.28. The molecule has 2 fully saturated rings. The van der Waals surface area contributed by atoms with E-state index in [0.29, 0.717) is 10.4 Å². The van der Waals surface area contributed by atoms with Crippen LogP contribution in [0.1, 0.15) is 50.5 Å². The summed E-state index contributed by atoms with van der Waals surface area (Å²) in [7, 11) is 0. The van der Waals surface area contributed by atoms with Gasteiger partial charge in [-0.05, 0) is 61.8 Å². The van der Waals surface area contributed by atoms with Gasteiger partial charge in [0.1, 0.15) is 0 Å². The summed E-state index contributed by atoms with van der Waals surface area (Å²) in [5.74, 6) is 0. The number of hydrogen-bond donors (Lipinski definition) is 1. The Morgan fingerprint density at radius 1 is 1.10 bits per heavy atom. The van der Waals surface area contributed by atoms with Crippen molar-refractivity contribution in [3.8, 4) is 0 Å². The minimum Gasteiger partial charge on any atom is -0.313 e. The van der Waals surface area contributed by atoms with Gasteiger partial charge in [-0.3, -0.25) is 0 Å². The maximum absolute atomic E-state index is 6.22. The van der Waals surface area contributed by atoms with Crippen LogP contribution in [-0.2, 0) is 6.42 Å². The van der Waals surface area contributed by atoms with E-state index in [2.05, 4.69) is 5.32 Å². The van der Waals surface area contributed by atoms with Gasteiger partial charge in [0.05, 0.1) is 0 Å². The lowest BCUT2D eigenvalue weighted by Gasteiger charge is -2.52. The lowest BCUT2D eigenvalue weighted by molar-refractivity contribution is 0.0236. The van der Waals surface area contributed by atoms with Crippen LogP contribution in [0.15, 0.2) is 18.2 Å². The largest absolute Gasteiger partial charge is 0.313 e. The van der Waals surface area contributed by atoms with Crippen LogP contribution >= 0.6 is 23.2 Å². The van der Waals surface area contributed by atoms with Crippen LogP contribution in [0.3, 0.4) is 0 Å². The first-order chi connectivity index (χ1) is 9.70. The van der Waals surface area contributed by atoms with Gasteiger partial charge in [-0.25, -0.2) is 0 Å². The first kappa shape index (κ1) is 14.7. The fourth-order valence-electron chi connectivity index (χ4n) is 3.98. The van der Waals surface area contributed by atoms with Gasteiger partial charge >= 0.3 is 0 Å². The first-order valence-corrected chi connectivity index (χ1v) is 8.63. The summed E-state index contributed by atoms with van der Waals surface area (Å²) in [6, 6.07) is 6.55. The topological polar surface area (TPSA) is 12.0 Å². The highest BCUT2D eigenvalue weighted by Gasteiger charge is 2.46. The van der Waals surface area contributed by atoms with E-state index in [0.717, 1.165) is 24.0 Å². The van der Waals surface area contributed by atoms with Crippen molar-refractivity contribution in [3.05, 3.63) is 33.8 Å². The Labute approximate surface area is 132 Å². The van der Waals surface area contributed by atoms with Gasteiger partial charge < -0.3 is 5.32 Å². The van der Waals surface area contributed by atoms with Crippen molar-refractivity contribution in [2.45, 2.75) is 57.4 Å². The molecule has 0 heterocycles. The van der Waals surface area contributed by atoms with E-state index in [-0.39, 0.29) is 0 Å². The summed E-state index contributed by atoms with van der Waals surface area (Å²) in [6.07, 6.45) is 11.0. The van der Waals surface area contributed by atoms with Gasteiger partial charge in [0.2, 0.25) is 0 Å². The third-order valence-corrected chi connectivity index (χ3v) is 5.91. The molecule has 1 nitrogen and oxygen atoms in total. The summed E-state index contributed by atoms with van der Waals surface area (Å²) in [5.41, 5.74) is 1.84. The standard InChI is InChI=1S/C17H23Cl2N/c18-14-5-4-13(15(19)12-14)7-11-20-16-6-10-17(16)8-2-1-3-9-17/h4-5,12,16,20H,1-3,6-11H2. The molecule has 2 aliphatic rings. The van der Waals surface area contributed by atoms with Crippen LogP contribution in [0.25, 0.3) is 0 Å². The van der Waals surface area contributed by atoms with Gasteiger partial charge in [-0.1, -0.05) is 48.5 Å². The van der Waals surface area contributed by atoms with Gasteiger partial charge in [-0.2, -0.15) is 0 Å². The van der Waals surface area contributed by atoms with Gasteiger partial charge in [0, 0.05) is 16.1 Å². The lowest BCUT2D eigenvalue weighted by Crippen LogP contribution is -2.54. The molecule has 3 rings (SSSR count). The minimum absolute atomic E-state index is 0.641. The molecular formula is C17H23Cl2N. The molecule has 1 N–H and O–H groups in total. The molecule has 1 atom stereocenters. The average molecular weight is 312 g/mol. The van der Waals surface area contributed by atoms with Gasteiger partial charge in [-0.15, -0.1) is 0 Å². The zero-order valence-electron chi connectivity index (χ0n) is 11.9. The predicted molar refractivity (Wildman–Crippen MR) is 86.7 cm³/mol. The molecule has 20 heavy (non-hydrogen) atoms. The average Bonchev–Trinajstić information content (AvgIpc) is 2.45. The van der Waals surface area contributed by atoms with Crippen LogP contribution in [0.2, 0.25) is 10.0 Å². The Balaban J connectivity index is 1.50. The number of hydrogen-bond acceptors (Lipinski definition) is 1. The summed E-state index contributed by atoms with van der Waals surface area (Å²) in [4.78, 5) is 0. The molecule has 0 bridgehead atoms. The molecule has 1 aromatic rings. The smallest absolute Gasteiger partial charge is 0.0453 e. The fourth-order valence-corrected chi connectivity index (χ4v) is 4.48. The molecule has 110 valence electrons. The number of nitrogens with one attached hydrogen (secondary N) is 1. The van der Waals surface area contributed by atoms with E-state index in [1.165, 1.54) is 50.5 Å². The Hall–Kier alpha value is -0.240. The number of halogens is 2. The van der Waals surface area contributed by atoms with E-state index < -0.39 is 0 Å². The summed E-state index contributed by atoms with van der Waals surface area (Å²) in [6.45, 7) is 1.02. The second kappa shape index (κ2) is 6.25. The SMILES string of the molecule is Clc1ccc(CCNC2CCC23CCCCC3)c(Cl)c1. The maximum Gasteiger partial charge on any atom is 0.0453 e. The van der Waals surface area contributed by atoms with Crippen LogP contribution < -0.4 is 5.32 Å². The van der Waals surface area contributed by atoms with Crippen LogP contribution in [0.4, 0.5) is 0 Å². The maximum atomic E-state index is 6.22. The molecule has 0 aliphatic heterocycles. The van der Waals surface area contributed by atoms with Crippen molar-refractivity contribution in [3.63, 3.8) is 0 Å². The van der Waals surface area contributed by atoms with E-state index in [1.54, 1.807) is 0 Å². The van der Waals surface area contributed by atoms with Crippen molar-refractivity contribution >= 4 is 23.2 Å². The van der Waals surface area contributed by atoms with E-state index in [1.807, 2.05) is 18.2 Å². The second-order valence-electron chi connectivity index (χ2n) is 6.45. The molecule has 0 radical (unpaired) electrons. The molecule has 1 unspecified atom stereocenters. The van der Waals surface area contributed by atoms with Crippen LogP contribution in [0, 0.1) is 5.41 Å². The molecular weight excluding hydrogens is 289 g/mol.